The number of nitrogens with one attached hydrogen (secondary N) is 1. The molecule has 0 unspecified atom stereocenters. The van der Waals surface area contributed by atoms with E-state index in [0.717, 1.165) is 43.6 Å². The number of carbonyl (C=O) groups is 1. The molecule has 2 aromatic heterocycles. The van der Waals surface area contributed by atoms with Gasteiger partial charge in [-0.2, -0.15) is 5.10 Å². The van der Waals surface area contributed by atoms with E-state index in [1.807, 2.05) is 24.9 Å². The zero-order valence-corrected chi connectivity index (χ0v) is 15.2. The Hall–Kier alpha value is -2.48. The normalized spacial score (nSPS) is 22.8. The van der Waals surface area contributed by atoms with E-state index in [2.05, 4.69) is 25.3 Å². The smallest absolute Gasteiger partial charge is 0.270 e. The molecule has 2 fully saturated rings. The first-order valence-corrected chi connectivity index (χ1v) is 9.12. The minimum atomic E-state index is -0.185. The predicted octanol–water partition coefficient (Wildman–Crippen LogP) is 1.38. The van der Waals surface area contributed by atoms with Gasteiger partial charge in [-0.25, -0.2) is 9.97 Å². The highest BCUT2D eigenvalue weighted by molar-refractivity contribution is 5.92. The summed E-state index contributed by atoms with van der Waals surface area (Å²) in [4.78, 5) is 23.6. The molecule has 0 bridgehead atoms. The summed E-state index contributed by atoms with van der Waals surface area (Å²) in [5.74, 6) is 0.451. The molecule has 8 heteroatoms. The molecule has 138 valence electrons. The van der Waals surface area contributed by atoms with Crippen LogP contribution in [0.3, 0.4) is 0 Å². The summed E-state index contributed by atoms with van der Waals surface area (Å²) in [7, 11) is 1.90. The van der Waals surface area contributed by atoms with Crippen LogP contribution in [0.2, 0.25) is 0 Å². The van der Waals surface area contributed by atoms with Crippen molar-refractivity contribution in [1.29, 1.82) is 0 Å². The quantitative estimate of drug-likeness (QED) is 0.891. The summed E-state index contributed by atoms with van der Waals surface area (Å²) in [5.41, 5.74) is 2.47. The van der Waals surface area contributed by atoms with Gasteiger partial charge in [0.25, 0.3) is 5.91 Å². The van der Waals surface area contributed by atoms with E-state index in [1.54, 1.807) is 12.3 Å². The van der Waals surface area contributed by atoms with Crippen molar-refractivity contribution in [3.05, 3.63) is 35.4 Å². The van der Waals surface area contributed by atoms with Crippen LogP contribution in [0.1, 0.15) is 47.1 Å². The van der Waals surface area contributed by atoms with Gasteiger partial charge in [0.05, 0.1) is 12.2 Å². The van der Waals surface area contributed by atoms with Crippen molar-refractivity contribution in [1.82, 2.24) is 25.1 Å². The Kier molecular flexibility index (Phi) is 4.58. The van der Waals surface area contributed by atoms with Gasteiger partial charge < -0.3 is 15.0 Å². The van der Waals surface area contributed by atoms with E-state index in [1.165, 1.54) is 0 Å². The Morgan fingerprint density at radius 3 is 2.88 bits per heavy atom. The number of aryl methyl sites for hydroxylation is 1. The number of ether oxygens (including phenoxy) is 1. The van der Waals surface area contributed by atoms with Crippen molar-refractivity contribution >= 4 is 11.9 Å². The maximum absolute atomic E-state index is 12.7. The van der Waals surface area contributed by atoms with E-state index < -0.39 is 0 Å². The van der Waals surface area contributed by atoms with Crippen molar-refractivity contribution in [3.63, 3.8) is 0 Å². The fourth-order valence-corrected chi connectivity index (χ4v) is 3.63. The molecule has 2 aromatic rings. The molecule has 2 aliphatic rings. The van der Waals surface area contributed by atoms with E-state index in [0.29, 0.717) is 18.2 Å². The highest BCUT2D eigenvalue weighted by atomic mass is 16.5. The first kappa shape index (κ1) is 17.0. The minimum absolute atomic E-state index is 0.0874. The van der Waals surface area contributed by atoms with Crippen LogP contribution in [0, 0.1) is 6.92 Å². The summed E-state index contributed by atoms with van der Waals surface area (Å²) in [6.07, 6.45) is 6.36. The van der Waals surface area contributed by atoms with Gasteiger partial charge in [0.2, 0.25) is 5.95 Å². The molecular weight excluding hydrogens is 332 g/mol. The lowest BCUT2D eigenvalue weighted by Crippen LogP contribution is -2.37. The molecule has 2 saturated heterocycles. The highest BCUT2D eigenvalue weighted by Crippen LogP contribution is 2.31. The maximum Gasteiger partial charge on any atom is 0.270 e. The number of carbonyl (C=O) groups excluding carboxylic acids is 1. The third-order valence-corrected chi connectivity index (χ3v) is 5.25. The summed E-state index contributed by atoms with van der Waals surface area (Å²) in [6, 6.07) is 1.57. The van der Waals surface area contributed by atoms with Crippen molar-refractivity contribution in [2.75, 3.05) is 24.6 Å². The van der Waals surface area contributed by atoms with Gasteiger partial charge >= 0.3 is 0 Å². The number of aromatic nitrogens is 4. The number of hydrogen-bond donors (Lipinski definition) is 1. The molecule has 0 radical (unpaired) electrons. The number of nitrogens with zero attached hydrogens (tertiary/aromatic N) is 5. The fraction of sp³-hybridized carbons (Fsp3) is 0.556. The largest absolute Gasteiger partial charge is 0.371 e. The van der Waals surface area contributed by atoms with Gasteiger partial charge in [-0.15, -0.1) is 0 Å². The molecule has 8 nitrogen and oxygen atoms in total. The zero-order valence-electron chi connectivity index (χ0n) is 15.2. The molecule has 2 aliphatic heterocycles. The summed E-state index contributed by atoms with van der Waals surface area (Å²) >= 11 is 0. The van der Waals surface area contributed by atoms with Crippen molar-refractivity contribution in [2.24, 2.45) is 7.05 Å². The summed E-state index contributed by atoms with van der Waals surface area (Å²) < 4.78 is 7.70. The molecule has 1 amide bonds. The van der Waals surface area contributed by atoms with Gasteiger partial charge in [-0.3, -0.25) is 9.48 Å². The average Bonchev–Trinajstić information content (AvgIpc) is 3.39. The molecule has 0 spiro atoms. The van der Waals surface area contributed by atoms with Crippen LogP contribution in [0.5, 0.6) is 0 Å². The SMILES string of the molecule is Cc1c([C@H]2OCC[C@@H]2NC(=O)c2ccnc(N3CCCC3)n2)cnn1C. The second-order valence-electron chi connectivity index (χ2n) is 6.90. The monoisotopic (exact) mass is 356 g/mol. The van der Waals surface area contributed by atoms with Crippen LogP contribution in [-0.4, -0.2) is 51.4 Å². The standard InChI is InChI=1S/C18H24N6O2/c1-12-13(11-20-23(12)2)16-14(6-10-26-16)21-17(25)15-5-7-19-18(22-15)24-8-3-4-9-24/h5,7,11,14,16H,3-4,6,8-10H2,1-2H3,(H,21,25)/t14-,16+/m0/s1. The van der Waals surface area contributed by atoms with Gasteiger partial charge in [0.1, 0.15) is 11.8 Å². The lowest BCUT2D eigenvalue weighted by atomic mass is 10.0. The van der Waals surface area contributed by atoms with Crippen LogP contribution in [-0.2, 0) is 11.8 Å². The third-order valence-electron chi connectivity index (χ3n) is 5.25. The molecular formula is C18H24N6O2. The number of rotatable bonds is 4. The van der Waals surface area contributed by atoms with E-state index in [-0.39, 0.29) is 18.1 Å². The first-order valence-electron chi connectivity index (χ1n) is 9.12. The van der Waals surface area contributed by atoms with Crippen molar-refractivity contribution in [2.45, 2.75) is 38.3 Å². The topological polar surface area (TPSA) is 85.2 Å². The molecule has 0 saturated carbocycles. The second kappa shape index (κ2) is 7.03. The summed E-state index contributed by atoms with van der Waals surface area (Å²) in [6.45, 7) is 4.52. The van der Waals surface area contributed by atoms with E-state index >= 15 is 0 Å². The molecule has 4 heterocycles. The molecule has 2 atom stereocenters. The highest BCUT2D eigenvalue weighted by Gasteiger charge is 2.33. The van der Waals surface area contributed by atoms with Crippen LogP contribution in [0.25, 0.3) is 0 Å². The fourth-order valence-electron chi connectivity index (χ4n) is 3.63. The van der Waals surface area contributed by atoms with E-state index in [9.17, 15) is 4.79 Å². The Bertz CT molecular complexity index is 799. The Morgan fingerprint density at radius 2 is 2.15 bits per heavy atom. The Balaban J connectivity index is 1.49. The lowest BCUT2D eigenvalue weighted by molar-refractivity contribution is 0.0815. The molecule has 1 N–H and O–H groups in total. The van der Waals surface area contributed by atoms with E-state index in [4.69, 9.17) is 4.74 Å². The minimum Gasteiger partial charge on any atom is -0.371 e. The maximum atomic E-state index is 12.7. The molecule has 4 rings (SSSR count). The Labute approximate surface area is 152 Å². The summed E-state index contributed by atoms with van der Waals surface area (Å²) in [5, 5.41) is 7.37. The molecule has 0 aliphatic carbocycles. The average molecular weight is 356 g/mol. The molecule has 26 heavy (non-hydrogen) atoms. The molecule has 0 aromatic carbocycles. The van der Waals surface area contributed by atoms with Crippen LogP contribution < -0.4 is 10.2 Å². The van der Waals surface area contributed by atoms with Crippen LogP contribution in [0.15, 0.2) is 18.5 Å². The second-order valence-corrected chi connectivity index (χ2v) is 6.90. The van der Waals surface area contributed by atoms with Crippen LogP contribution in [0.4, 0.5) is 5.95 Å². The Morgan fingerprint density at radius 1 is 1.35 bits per heavy atom. The van der Waals surface area contributed by atoms with Gasteiger partial charge in [0.15, 0.2) is 0 Å². The predicted molar refractivity (Wildman–Crippen MR) is 96.0 cm³/mol. The zero-order chi connectivity index (χ0) is 18.1. The van der Waals surface area contributed by atoms with Gasteiger partial charge in [-0.1, -0.05) is 0 Å². The third kappa shape index (κ3) is 3.16. The van der Waals surface area contributed by atoms with Crippen molar-refractivity contribution in [3.8, 4) is 0 Å². The number of hydrogen-bond acceptors (Lipinski definition) is 6. The van der Waals surface area contributed by atoms with Gasteiger partial charge in [0, 0.05) is 44.2 Å². The van der Waals surface area contributed by atoms with Crippen molar-refractivity contribution < 1.29 is 9.53 Å². The number of amides is 1. The van der Waals surface area contributed by atoms with Crippen LogP contribution >= 0.6 is 0 Å². The first-order chi connectivity index (χ1) is 12.6. The lowest BCUT2D eigenvalue weighted by Gasteiger charge is -2.20. The van der Waals surface area contributed by atoms with Gasteiger partial charge in [-0.05, 0) is 32.3 Å². The number of anilines is 1.